The number of ether oxygens (including phenoxy) is 3. The summed E-state index contributed by atoms with van der Waals surface area (Å²) in [6.45, 7) is 0.334. The highest BCUT2D eigenvalue weighted by molar-refractivity contribution is 6.16. The molecule has 1 heterocycles. The third-order valence-corrected chi connectivity index (χ3v) is 7.41. The highest BCUT2D eigenvalue weighted by atomic mass is 19.1. The number of nitrogens with one attached hydrogen (secondary N) is 1. The van der Waals surface area contributed by atoms with Gasteiger partial charge in [-0.1, -0.05) is 0 Å². The van der Waals surface area contributed by atoms with Crippen LogP contribution in [0.15, 0.2) is 72.9 Å². The van der Waals surface area contributed by atoms with Crippen molar-refractivity contribution in [3.05, 3.63) is 78.7 Å². The maximum absolute atomic E-state index is 13.7. The Morgan fingerprint density at radius 1 is 0.977 bits per heavy atom. The molecule has 0 spiro atoms. The van der Waals surface area contributed by atoms with Crippen LogP contribution in [-0.4, -0.2) is 41.6 Å². The van der Waals surface area contributed by atoms with Crippen molar-refractivity contribution in [1.29, 1.82) is 0 Å². The number of methoxy groups -OCH3 is 1. The standard InChI is InChI=1S/C32H31FN4O7/c1-42-27-18-24-25(19-28(27)43-17-3-2-4-29(38)36-41)35-16-13-26(24)44-23-11-9-22(10-12-23)37(21-7-5-20(33)6-8-21)31(40)32(14-15-32)30(34)39/h5-13,16,18-19,41H,2-4,14-15,17H2,1H3,(H2,34,39)(H,36,38). The van der Waals surface area contributed by atoms with E-state index in [-0.39, 0.29) is 6.42 Å². The fourth-order valence-electron chi connectivity index (χ4n) is 4.78. The van der Waals surface area contributed by atoms with Crippen molar-refractivity contribution in [3.63, 3.8) is 0 Å². The molecule has 44 heavy (non-hydrogen) atoms. The third kappa shape index (κ3) is 6.40. The van der Waals surface area contributed by atoms with Gasteiger partial charge in [0, 0.05) is 35.4 Å². The molecule has 228 valence electrons. The lowest BCUT2D eigenvalue weighted by atomic mass is 10.0. The largest absolute Gasteiger partial charge is 0.493 e. The zero-order valence-corrected chi connectivity index (χ0v) is 23.9. The van der Waals surface area contributed by atoms with Crippen LogP contribution in [0.4, 0.5) is 15.8 Å². The zero-order chi connectivity index (χ0) is 31.3. The van der Waals surface area contributed by atoms with Crippen LogP contribution in [0.25, 0.3) is 10.9 Å². The van der Waals surface area contributed by atoms with Gasteiger partial charge in [-0.2, -0.15) is 0 Å². The number of carbonyl (C=O) groups excluding carboxylic acids is 3. The molecule has 12 heteroatoms. The highest BCUT2D eigenvalue weighted by Gasteiger charge is 2.57. The van der Waals surface area contributed by atoms with Gasteiger partial charge in [-0.05, 0) is 86.3 Å². The Hall–Kier alpha value is -5.23. The molecular formula is C32H31FN4O7. The van der Waals surface area contributed by atoms with Crippen molar-refractivity contribution < 1.29 is 38.2 Å². The first-order valence-electron chi connectivity index (χ1n) is 14.0. The summed E-state index contributed by atoms with van der Waals surface area (Å²) in [6, 6.07) is 17.4. The van der Waals surface area contributed by atoms with E-state index < -0.39 is 29.0 Å². The first-order valence-corrected chi connectivity index (χ1v) is 14.0. The SMILES string of the molecule is COc1cc2c(Oc3ccc(N(C(=O)C4(C(N)=O)CC4)c4ccc(F)cc4)cc3)ccnc2cc1OCCCCC(=O)NO. The van der Waals surface area contributed by atoms with Crippen molar-refractivity contribution in [3.8, 4) is 23.0 Å². The minimum Gasteiger partial charge on any atom is -0.493 e. The van der Waals surface area contributed by atoms with Crippen LogP contribution in [0, 0.1) is 11.2 Å². The monoisotopic (exact) mass is 602 g/mol. The lowest BCUT2D eigenvalue weighted by Gasteiger charge is -2.26. The fourth-order valence-corrected chi connectivity index (χ4v) is 4.78. The van der Waals surface area contributed by atoms with Crippen LogP contribution < -0.4 is 30.3 Å². The topological polar surface area (TPSA) is 153 Å². The molecule has 0 saturated heterocycles. The van der Waals surface area contributed by atoms with Crippen molar-refractivity contribution in [2.75, 3.05) is 18.6 Å². The number of aromatic nitrogens is 1. The van der Waals surface area contributed by atoms with Crippen LogP contribution in [-0.2, 0) is 14.4 Å². The number of fused-ring (bicyclic) bond motifs is 1. The van der Waals surface area contributed by atoms with Crippen molar-refractivity contribution in [1.82, 2.24) is 10.5 Å². The Bertz CT molecular complexity index is 1680. The number of hydroxylamine groups is 1. The van der Waals surface area contributed by atoms with Gasteiger partial charge < -0.3 is 19.9 Å². The Morgan fingerprint density at radius 3 is 2.27 bits per heavy atom. The molecule has 0 bridgehead atoms. The van der Waals surface area contributed by atoms with Gasteiger partial charge in [0.1, 0.15) is 22.7 Å². The van der Waals surface area contributed by atoms with E-state index in [4.69, 9.17) is 25.2 Å². The van der Waals surface area contributed by atoms with E-state index in [1.54, 1.807) is 54.1 Å². The summed E-state index contributed by atoms with van der Waals surface area (Å²) >= 11 is 0. The average molecular weight is 603 g/mol. The maximum Gasteiger partial charge on any atom is 0.247 e. The fraction of sp³-hybridized carbons (Fsp3) is 0.250. The molecular weight excluding hydrogens is 571 g/mol. The van der Waals surface area contributed by atoms with Gasteiger partial charge in [-0.15, -0.1) is 0 Å². The number of amides is 3. The number of nitrogens with two attached hydrogens (primary N) is 1. The summed E-state index contributed by atoms with van der Waals surface area (Å²) < 4.78 is 31.2. The lowest BCUT2D eigenvalue weighted by Crippen LogP contribution is -2.41. The first kappa shape index (κ1) is 30.2. The summed E-state index contributed by atoms with van der Waals surface area (Å²) in [6.07, 6.45) is 3.63. The second-order valence-corrected chi connectivity index (χ2v) is 10.3. The minimum atomic E-state index is -1.28. The molecule has 4 N–H and O–H groups in total. The van der Waals surface area contributed by atoms with E-state index in [1.165, 1.54) is 36.3 Å². The Kier molecular flexibility index (Phi) is 8.91. The average Bonchev–Trinajstić information content (AvgIpc) is 3.85. The normalized spacial score (nSPS) is 13.2. The first-order chi connectivity index (χ1) is 21.3. The molecule has 1 aliphatic carbocycles. The van der Waals surface area contributed by atoms with Gasteiger partial charge in [0.15, 0.2) is 11.5 Å². The summed E-state index contributed by atoms with van der Waals surface area (Å²) in [5.41, 5.74) is 7.36. The molecule has 5 rings (SSSR count). The molecule has 0 radical (unpaired) electrons. The van der Waals surface area contributed by atoms with Crippen molar-refractivity contribution >= 4 is 40.0 Å². The highest BCUT2D eigenvalue weighted by Crippen LogP contribution is 2.49. The predicted molar refractivity (Wildman–Crippen MR) is 158 cm³/mol. The van der Waals surface area contributed by atoms with Crippen molar-refractivity contribution in [2.45, 2.75) is 32.1 Å². The van der Waals surface area contributed by atoms with Gasteiger partial charge in [0.25, 0.3) is 0 Å². The van der Waals surface area contributed by atoms with Crippen LogP contribution in [0.5, 0.6) is 23.0 Å². The van der Waals surface area contributed by atoms with Gasteiger partial charge in [-0.3, -0.25) is 29.5 Å². The molecule has 1 aliphatic rings. The molecule has 4 aromatic rings. The van der Waals surface area contributed by atoms with E-state index >= 15 is 0 Å². The number of pyridine rings is 1. The van der Waals surface area contributed by atoms with E-state index in [2.05, 4.69) is 4.98 Å². The smallest absolute Gasteiger partial charge is 0.247 e. The zero-order valence-electron chi connectivity index (χ0n) is 23.9. The quantitative estimate of drug-likeness (QED) is 0.0821. The number of primary amides is 1. The number of unbranched alkanes of at least 4 members (excludes halogenated alkanes) is 1. The van der Waals surface area contributed by atoms with E-state index in [0.717, 1.165) is 0 Å². The molecule has 1 fully saturated rings. The number of carbonyl (C=O) groups is 3. The van der Waals surface area contributed by atoms with E-state index in [9.17, 15) is 18.8 Å². The van der Waals surface area contributed by atoms with E-state index in [1.807, 2.05) is 0 Å². The second kappa shape index (κ2) is 13.0. The molecule has 3 aromatic carbocycles. The van der Waals surface area contributed by atoms with Gasteiger partial charge in [-0.25, -0.2) is 9.87 Å². The minimum absolute atomic E-state index is 0.187. The molecule has 0 unspecified atom stereocenters. The van der Waals surface area contributed by atoms with Gasteiger partial charge >= 0.3 is 0 Å². The van der Waals surface area contributed by atoms with Crippen LogP contribution in [0.1, 0.15) is 32.1 Å². The number of benzene rings is 3. The number of rotatable bonds is 13. The molecule has 0 atom stereocenters. The van der Waals surface area contributed by atoms with Crippen LogP contribution in [0.2, 0.25) is 0 Å². The number of hydrogen-bond acceptors (Lipinski definition) is 8. The molecule has 3 amide bonds. The molecule has 1 aromatic heterocycles. The van der Waals surface area contributed by atoms with Gasteiger partial charge in [0.2, 0.25) is 17.7 Å². The van der Waals surface area contributed by atoms with Crippen LogP contribution >= 0.6 is 0 Å². The van der Waals surface area contributed by atoms with Crippen molar-refractivity contribution in [2.24, 2.45) is 11.1 Å². The summed E-state index contributed by atoms with van der Waals surface area (Å²) in [7, 11) is 1.52. The van der Waals surface area contributed by atoms with Gasteiger partial charge in [0.05, 0.1) is 19.2 Å². The molecule has 11 nitrogen and oxygen atoms in total. The lowest BCUT2D eigenvalue weighted by molar-refractivity contribution is -0.133. The maximum atomic E-state index is 13.7. The number of anilines is 2. The molecule has 0 aliphatic heterocycles. The Morgan fingerprint density at radius 2 is 1.66 bits per heavy atom. The predicted octanol–water partition coefficient (Wildman–Crippen LogP) is 5.16. The Balaban J connectivity index is 1.36. The third-order valence-electron chi connectivity index (χ3n) is 7.41. The number of halogens is 1. The number of nitrogens with zero attached hydrogens (tertiary/aromatic N) is 2. The summed E-state index contributed by atoms with van der Waals surface area (Å²) in [5.74, 6) is -0.138. The number of hydrogen-bond donors (Lipinski definition) is 3. The van der Waals surface area contributed by atoms with E-state index in [0.29, 0.717) is 77.6 Å². The summed E-state index contributed by atoms with van der Waals surface area (Å²) in [4.78, 5) is 42.7. The van der Waals surface area contributed by atoms with Crippen LogP contribution in [0.3, 0.4) is 0 Å². The molecule has 1 saturated carbocycles. The second-order valence-electron chi connectivity index (χ2n) is 10.3. The summed E-state index contributed by atoms with van der Waals surface area (Å²) in [5, 5.41) is 9.27. The Labute approximate surface area is 252 Å².